The van der Waals surface area contributed by atoms with Gasteiger partial charge in [-0.2, -0.15) is 0 Å². The van der Waals surface area contributed by atoms with Gasteiger partial charge in [-0.05, 0) is 48.8 Å². The summed E-state index contributed by atoms with van der Waals surface area (Å²) in [5.74, 6) is -0.0273. The molecule has 1 atom stereocenters. The van der Waals surface area contributed by atoms with Crippen LogP contribution in [0.25, 0.3) is 0 Å². The molecule has 1 unspecified atom stereocenters. The molecular weight excluding hydrogens is 260 g/mol. The van der Waals surface area contributed by atoms with Crippen LogP contribution in [0.5, 0.6) is 0 Å². The van der Waals surface area contributed by atoms with Crippen molar-refractivity contribution in [3.63, 3.8) is 0 Å². The van der Waals surface area contributed by atoms with Gasteiger partial charge in [0.2, 0.25) is 0 Å². The molecule has 0 spiro atoms. The van der Waals surface area contributed by atoms with Gasteiger partial charge in [0, 0.05) is 25.2 Å². The molecule has 0 aromatic heterocycles. The van der Waals surface area contributed by atoms with E-state index in [1.807, 2.05) is 24.3 Å². The van der Waals surface area contributed by atoms with Crippen molar-refractivity contribution in [3.05, 3.63) is 35.4 Å². The highest BCUT2D eigenvalue weighted by molar-refractivity contribution is 5.93. The molecule has 21 heavy (non-hydrogen) atoms. The number of carbonyl (C=O) groups excluding carboxylic acids is 1. The summed E-state index contributed by atoms with van der Waals surface area (Å²) in [5.41, 5.74) is 2.47. The van der Waals surface area contributed by atoms with E-state index >= 15 is 0 Å². The van der Waals surface area contributed by atoms with Crippen LogP contribution in [0, 0.1) is 5.41 Å². The van der Waals surface area contributed by atoms with Crippen LogP contribution in [0.1, 0.15) is 61.9 Å². The lowest BCUT2D eigenvalue weighted by atomic mass is 9.85. The maximum Gasteiger partial charge on any atom is 0.251 e. The summed E-state index contributed by atoms with van der Waals surface area (Å²) in [7, 11) is 1.66. The maximum atomic E-state index is 11.5. The molecule has 0 radical (unpaired) electrons. The van der Waals surface area contributed by atoms with Crippen molar-refractivity contribution in [3.8, 4) is 0 Å². The first-order valence-corrected chi connectivity index (χ1v) is 8.04. The van der Waals surface area contributed by atoms with Gasteiger partial charge in [0.1, 0.15) is 0 Å². The minimum absolute atomic E-state index is 0.0273. The van der Waals surface area contributed by atoms with Crippen molar-refractivity contribution in [1.29, 1.82) is 0 Å². The van der Waals surface area contributed by atoms with E-state index in [0.29, 0.717) is 11.5 Å². The fraction of sp³-hybridized carbons (Fsp3) is 0.611. The van der Waals surface area contributed by atoms with Gasteiger partial charge in [0.25, 0.3) is 5.91 Å². The smallest absolute Gasteiger partial charge is 0.251 e. The number of benzene rings is 1. The molecule has 1 aliphatic rings. The zero-order valence-electron chi connectivity index (χ0n) is 13.5. The Morgan fingerprint density at radius 3 is 2.57 bits per heavy atom. The zero-order valence-corrected chi connectivity index (χ0v) is 13.5. The second-order valence-corrected chi connectivity index (χ2v) is 6.95. The quantitative estimate of drug-likeness (QED) is 0.833. The van der Waals surface area contributed by atoms with Gasteiger partial charge in [0.05, 0.1) is 0 Å². The highest BCUT2D eigenvalue weighted by atomic mass is 16.1. The Bertz CT molecular complexity index is 465. The Hall–Kier alpha value is -1.35. The van der Waals surface area contributed by atoms with Gasteiger partial charge >= 0.3 is 0 Å². The normalized spacial score (nSPS) is 21.6. The summed E-state index contributed by atoms with van der Waals surface area (Å²) in [6.07, 6.45) is 6.51. The van der Waals surface area contributed by atoms with Crippen molar-refractivity contribution >= 4 is 5.91 Å². The van der Waals surface area contributed by atoms with E-state index in [9.17, 15) is 4.79 Å². The van der Waals surface area contributed by atoms with Crippen LogP contribution in [-0.2, 0) is 6.54 Å². The van der Waals surface area contributed by atoms with Crippen molar-refractivity contribution < 1.29 is 4.79 Å². The van der Waals surface area contributed by atoms with Gasteiger partial charge in [-0.15, -0.1) is 0 Å². The summed E-state index contributed by atoms with van der Waals surface area (Å²) in [6.45, 7) is 5.65. The van der Waals surface area contributed by atoms with E-state index in [1.54, 1.807) is 7.05 Å². The maximum absolute atomic E-state index is 11.5. The second kappa shape index (κ2) is 7.08. The van der Waals surface area contributed by atoms with Crippen LogP contribution in [0.3, 0.4) is 0 Å². The first kappa shape index (κ1) is 16.0. The van der Waals surface area contributed by atoms with E-state index in [1.165, 1.54) is 37.7 Å². The summed E-state index contributed by atoms with van der Waals surface area (Å²) < 4.78 is 0. The molecule has 1 aliphatic carbocycles. The number of hydrogen-bond donors (Lipinski definition) is 2. The predicted octanol–water partition coefficient (Wildman–Crippen LogP) is 3.49. The number of hydrogen-bond acceptors (Lipinski definition) is 2. The highest BCUT2D eigenvalue weighted by Crippen LogP contribution is 2.33. The lowest BCUT2D eigenvalue weighted by molar-refractivity contribution is 0.0963. The van der Waals surface area contributed by atoms with Gasteiger partial charge in [-0.25, -0.2) is 0 Å². The number of nitrogens with one attached hydrogen (secondary N) is 2. The predicted molar refractivity (Wildman–Crippen MR) is 87.3 cm³/mol. The first-order valence-electron chi connectivity index (χ1n) is 8.04. The summed E-state index contributed by atoms with van der Waals surface area (Å²) in [6, 6.07) is 8.50. The van der Waals surface area contributed by atoms with E-state index in [0.717, 1.165) is 12.1 Å². The van der Waals surface area contributed by atoms with E-state index in [2.05, 4.69) is 24.5 Å². The van der Waals surface area contributed by atoms with Gasteiger partial charge in [0.15, 0.2) is 0 Å². The van der Waals surface area contributed by atoms with Crippen LogP contribution >= 0.6 is 0 Å². The van der Waals surface area contributed by atoms with Crippen molar-refractivity contribution in [2.45, 2.75) is 58.5 Å². The van der Waals surface area contributed by atoms with Gasteiger partial charge in [-0.1, -0.05) is 32.4 Å². The minimum atomic E-state index is -0.0273. The molecule has 3 nitrogen and oxygen atoms in total. The summed E-state index contributed by atoms with van der Waals surface area (Å²) in [5, 5.41) is 6.32. The Labute approximate surface area is 128 Å². The molecule has 3 heteroatoms. The topological polar surface area (TPSA) is 41.1 Å². The zero-order chi connectivity index (χ0) is 15.3. The van der Waals surface area contributed by atoms with Crippen LogP contribution in [0.15, 0.2) is 24.3 Å². The Morgan fingerprint density at radius 2 is 1.90 bits per heavy atom. The number of rotatable bonds is 4. The van der Waals surface area contributed by atoms with E-state index in [-0.39, 0.29) is 5.91 Å². The number of carbonyl (C=O) groups is 1. The molecular formula is C18H28N2O. The fourth-order valence-corrected chi connectivity index (χ4v) is 3.05. The van der Waals surface area contributed by atoms with Gasteiger partial charge < -0.3 is 10.6 Å². The van der Waals surface area contributed by atoms with Crippen LogP contribution in [0.4, 0.5) is 0 Å². The lowest BCUT2D eigenvalue weighted by Gasteiger charge is -2.22. The molecule has 0 bridgehead atoms. The molecule has 0 saturated heterocycles. The van der Waals surface area contributed by atoms with Gasteiger partial charge in [-0.3, -0.25) is 4.79 Å². The van der Waals surface area contributed by atoms with E-state index < -0.39 is 0 Å². The molecule has 0 heterocycles. The largest absolute Gasteiger partial charge is 0.355 e. The molecule has 1 aromatic rings. The van der Waals surface area contributed by atoms with Crippen LogP contribution in [-0.4, -0.2) is 19.0 Å². The molecule has 2 N–H and O–H groups in total. The SMILES string of the molecule is CNC(=O)c1ccc(CNC2CCCC(C)(C)CC2)cc1. The molecule has 116 valence electrons. The van der Waals surface area contributed by atoms with E-state index in [4.69, 9.17) is 0 Å². The monoisotopic (exact) mass is 288 g/mol. The van der Waals surface area contributed by atoms with Crippen molar-refractivity contribution in [2.75, 3.05) is 7.05 Å². The summed E-state index contributed by atoms with van der Waals surface area (Å²) in [4.78, 5) is 11.5. The second-order valence-electron chi connectivity index (χ2n) is 6.95. The summed E-state index contributed by atoms with van der Waals surface area (Å²) >= 11 is 0. The third-order valence-electron chi connectivity index (χ3n) is 4.61. The molecule has 2 rings (SSSR count). The fourth-order valence-electron chi connectivity index (χ4n) is 3.05. The first-order chi connectivity index (χ1) is 10.00. The Balaban J connectivity index is 1.84. The van der Waals surface area contributed by atoms with Crippen molar-refractivity contribution in [2.24, 2.45) is 5.41 Å². The average molecular weight is 288 g/mol. The lowest BCUT2D eigenvalue weighted by Crippen LogP contribution is -2.28. The standard InChI is InChI=1S/C18H28N2O/c1-18(2)11-4-5-16(10-12-18)20-13-14-6-8-15(9-7-14)17(21)19-3/h6-9,16,20H,4-5,10-13H2,1-3H3,(H,19,21). The molecule has 1 aromatic carbocycles. The highest BCUT2D eigenvalue weighted by Gasteiger charge is 2.23. The van der Waals surface area contributed by atoms with Crippen LogP contribution < -0.4 is 10.6 Å². The Morgan fingerprint density at radius 1 is 1.19 bits per heavy atom. The van der Waals surface area contributed by atoms with Crippen LogP contribution in [0.2, 0.25) is 0 Å². The third kappa shape index (κ3) is 4.85. The molecule has 1 saturated carbocycles. The molecule has 1 fully saturated rings. The van der Waals surface area contributed by atoms with Crippen molar-refractivity contribution in [1.82, 2.24) is 10.6 Å². The molecule has 0 aliphatic heterocycles. The number of amides is 1. The molecule has 1 amide bonds. The minimum Gasteiger partial charge on any atom is -0.355 e. The third-order valence-corrected chi connectivity index (χ3v) is 4.61. The average Bonchev–Trinajstić information content (AvgIpc) is 2.65. The Kier molecular flexibility index (Phi) is 5.40.